The maximum atomic E-state index is 4.01. The van der Waals surface area contributed by atoms with Crippen molar-refractivity contribution in [3.63, 3.8) is 0 Å². The Bertz CT molecular complexity index is 163. The second-order valence-electron chi connectivity index (χ2n) is 3.63. The van der Waals surface area contributed by atoms with E-state index in [2.05, 4.69) is 40.3 Å². The van der Waals surface area contributed by atoms with Gasteiger partial charge in [-0.05, 0) is 46.0 Å². The third-order valence-corrected chi connectivity index (χ3v) is 2.57. The van der Waals surface area contributed by atoms with Gasteiger partial charge in [0.15, 0.2) is 0 Å². The van der Waals surface area contributed by atoms with Crippen molar-refractivity contribution in [1.82, 2.24) is 0 Å². The van der Waals surface area contributed by atoms with Gasteiger partial charge in [-0.1, -0.05) is 30.7 Å². The second-order valence-corrected chi connectivity index (χ2v) is 3.63. The molecule has 0 unspecified atom stereocenters. The summed E-state index contributed by atoms with van der Waals surface area (Å²) in [5, 5.41) is 0. The van der Waals surface area contributed by atoms with Crippen molar-refractivity contribution in [2.75, 3.05) is 0 Å². The van der Waals surface area contributed by atoms with Gasteiger partial charge >= 0.3 is 0 Å². The molecule has 0 heterocycles. The van der Waals surface area contributed by atoms with Gasteiger partial charge < -0.3 is 0 Å². The molecule has 0 heteroatoms. The van der Waals surface area contributed by atoms with Crippen molar-refractivity contribution in [3.8, 4) is 0 Å². The van der Waals surface area contributed by atoms with E-state index in [4.69, 9.17) is 0 Å². The summed E-state index contributed by atoms with van der Waals surface area (Å²) in [4.78, 5) is 0. The highest BCUT2D eigenvalue weighted by atomic mass is 14.1. The van der Waals surface area contributed by atoms with Crippen LogP contribution >= 0.6 is 0 Å². The summed E-state index contributed by atoms with van der Waals surface area (Å²) in [6.07, 6.45) is 5.92. The Kier molecular flexibility index (Phi) is 5.79. The van der Waals surface area contributed by atoms with Crippen LogP contribution in [0.5, 0.6) is 0 Å². The average molecular weight is 166 g/mol. The summed E-state index contributed by atoms with van der Waals surface area (Å²) in [5.41, 5.74) is 2.83. The molecule has 70 valence electrons. The molecule has 0 aliphatic heterocycles. The molecule has 0 nitrogen and oxygen atoms in total. The fourth-order valence-electron chi connectivity index (χ4n) is 1.35. The normalized spacial score (nSPS) is 14.5. The Balaban J connectivity index is 3.81. The molecule has 0 aromatic carbocycles. The third kappa shape index (κ3) is 4.38. The fourth-order valence-corrected chi connectivity index (χ4v) is 1.35. The van der Waals surface area contributed by atoms with E-state index in [0.29, 0.717) is 0 Å². The smallest absolute Gasteiger partial charge is 0.0208 e. The Morgan fingerprint density at radius 3 is 2.33 bits per heavy atom. The van der Waals surface area contributed by atoms with Crippen molar-refractivity contribution in [2.45, 2.75) is 47.0 Å². The van der Waals surface area contributed by atoms with Gasteiger partial charge in [0, 0.05) is 0 Å². The first-order valence-corrected chi connectivity index (χ1v) is 4.89. The summed E-state index contributed by atoms with van der Waals surface area (Å²) < 4.78 is 0. The number of hydrogen-bond donors (Lipinski definition) is 0. The Morgan fingerprint density at radius 2 is 2.00 bits per heavy atom. The standard InChI is InChI=1S/C12H22/c1-6-11(5)8-9-12(7-2)10(3)4/h6,12H,3,7-9H2,1-2,4-5H3/b11-6-/t12-/m0/s1. The maximum Gasteiger partial charge on any atom is -0.0208 e. The van der Waals surface area contributed by atoms with Crippen molar-refractivity contribution < 1.29 is 0 Å². The van der Waals surface area contributed by atoms with Crippen LogP contribution in [0.1, 0.15) is 47.0 Å². The molecular formula is C12H22. The quantitative estimate of drug-likeness (QED) is 0.533. The van der Waals surface area contributed by atoms with Crippen LogP contribution in [0.15, 0.2) is 23.8 Å². The van der Waals surface area contributed by atoms with Crippen LogP contribution in [0, 0.1) is 5.92 Å². The van der Waals surface area contributed by atoms with Crippen molar-refractivity contribution in [3.05, 3.63) is 23.8 Å². The Morgan fingerprint density at radius 1 is 1.42 bits per heavy atom. The van der Waals surface area contributed by atoms with Crippen LogP contribution in [0.2, 0.25) is 0 Å². The maximum absolute atomic E-state index is 4.01. The Hall–Kier alpha value is -0.520. The zero-order chi connectivity index (χ0) is 9.56. The fraction of sp³-hybridized carbons (Fsp3) is 0.667. The highest BCUT2D eigenvalue weighted by molar-refractivity contribution is 5.00. The van der Waals surface area contributed by atoms with Gasteiger partial charge in [-0.25, -0.2) is 0 Å². The minimum Gasteiger partial charge on any atom is -0.0999 e. The molecule has 0 rings (SSSR count). The van der Waals surface area contributed by atoms with Crippen LogP contribution in [-0.4, -0.2) is 0 Å². The van der Waals surface area contributed by atoms with Crippen LogP contribution in [0.4, 0.5) is 0 Å². The summed E-state index contributed by atoms with van der Waals surface area (Å²) in [6, 6.07) is 0. The monoisotopic (exact) mass is 166 g/mol. The lowest BCUT2D eigenvalue weighted by Crippen LogP contribution is -1.99. The number of rotatable bonds is 5. The molecule has 0 aromatic heterocycles. The van der Waals surface area contributed by atoms with E-state index in [9.17, 15) is 0 Å². The molecule has 1 atom stereocenters. The molecule has 0 amide bonds. The number of hydrogen-bond acceptors (Lipinski definition) is 0. The first-order chi connectivity index (χ1) is 5.61. The summed E-state index contributed by atoms with van der Waals surface area (Å²) in [5.74, 6) is 0.722. The Labute approximate surface area is 77.4 Å². The van der Waals surface area contributed by atoms with Crippen molar-refractivity contribution in [1.29, 1.82) is 0 Å². The molecule has 0 spiro atoms. The van der Waals surface area contributed by atoms with E-state index in [0.717, 1.165) is 5.92 Å². The zero-order valence-electron chi connectivity index (χ0n) is 8.98. The molecule has 0 fully saturated rings. The molecule has 0 saturated heterocycles. The molecule has 0 aliphatic carbocycles. The molecule has 12 heavy (non-hydrogen) atoms. The molecule has 0 bridgehead atoms. The lowest BCUT2D eigenvalue weighted by molar-refractivity contribution is 0.542. The highest BCUT2D eigenvalue weighted by Crippen LogP contribution is 2.20. The van der Waals surface area contributed by atoms with Crippen LogP contribution < -0.4 is 0 Å². The van der Waals surface area contributed by atoms with Crippen LogP contribution in [-0.2, 0) is 0 Å². The van der Waals surface area contributed by atoms with Gasteiger partial charge in [0.25, 0.3) is 0 Å². The largest absolute Gasteiger partial charge is 0.0999 e. The van der Waals surface area contributed by atoms with Crippen molar-refractivity contribution >= 4 is 0 Å². The lowest BCUT2D eigenvalue weighted by atomic mass is 9.92. The third-order valence-electron chi connectivity index (χ3n) is 2.57. The molecule has 0 saturated carbocycles. The van der Waals surface area contributed by atoms with Crippen LogP contribution in [0.3, 0.4) is 0 Å². The van der Waals surface area contributed by atoms with E-state index in [1.54, 1.807) is 0 Å². The summed E-state index contributed by atoms with van der Waals surface area (Å²) in [6.45, 7) is 12.7. The molecule has 0 aliphatic rings. The second kappa shape index (κ2) is 6.05. The van der Waals surface area contributed by atoms with Crippen molar-refractivity contribution in [2.24, 2.45) is 5.92 Å². The topological polar surface area (TPSA) is 0 Å². The van der Waals surface area contributed by atoms with Crippen LogP contribution in [0.25, 0.3) is 0 Å². The predicted molar refractivity (Wildman–Crippen MR) is 57.3 cm³/mol. The first kappa shape index (κ1) is 11.5. The van der Waals surface area contributed by atoms with E-state index in [-0.39, 0.29) is 0 Å². The van der Waals surface area contributed by atoms with Gasteiger partial charge in [0.1, 0.15) is 0 Å². The van der Waals surface area contributed by atoms with Gasteiger partial charge in [0.05, 0.1) is 0 Å². The van der Waals surface area contributed by atoms with E-state index in [1.807, 2.05) is 0 Å². The molecular weight excluding hydrogens is 144 g/mol. The van der Waals surface area contributed by atoms with E-state index in [1.165, 1.54) is 30.4 Å². The SMILES string of the molecule is C=C(C)[C@@H](CC)CC/C(C)=C\C. The van der Waals surface area contributed by atoms with Gasteiger partial charge in [-0.15, -0.1) is 0 Å². The zero-order valence-corrected chi connectivity index (χ0v) is 8.98. The minimum absolute atomic E-state index is 0.722. The minimum atomic E-state index is 0.722. The van der Waals surface area contributed by atoms with E-state index >= 15 is 0 Å². The van der Waals surface area contributed by atoms with Gasteiger partial charge in [-0.2, -0.15) is 0 Å². The van der Waals surface area contributed by atoms with Gasteiger partial charge in [-0.3, -0.25) is 0 Å². The van der Waals surface area contributed by atoms with E-state index < -0.39 is 0 Å². The summed E-state index contributed by atoms with van der Waals surface area (Å²) >= 11 is 0. The van der Waals surface area contributed by atoms with Gasteiger partial charge in [0.2, 0.25) is 0 Å². The first-order valence-electron chi connectivity index (χ1n) is 4.89. The average Bonchev–Trinajstić information content (AvgIpc) is 2.04. The summed E-state index contributed by atoms with van der Waals surface area (Å²) in [7, 11) is 0. The molecule has 0 N–H and O–H groups in total. The number of allylic oxidation sites excluding steroid dienone is 3. The molecule has 0 radical (unpaired) electrons. The predicted octanol–water partition coefficient (Wildman–Crippen LogP) is 4.34. The lowest BCUT2D eigenvalue weighted by Gasteiger charge is -2.14. The molecule has 0 aromatic rings. The highest BCUT2D eigenvalue weighted by Gasteiger charge is 2.05.